The smallest absolute Gasteiger partial charge is 0.409 e. The van der Waals surface area contributed by atoms with Gasteiger partial charge >= 0.3 is 6.09 Å². The van der Waals surface area contributed by atoms with E-state index in [9.17, 15) is 9.59 Å². The van der Waals surface area contributed by atoms with Gasteiger partial charge in [-0.1, -0.05) is 61.4 Å². The summed E-state index contributed by atoms with van der Waals surface area (Å²) in [7, 11) is 5.57. The highest BCUT2D eigenvalue weighted by Gasteiger charge is 2.57. The summed E-state index contributed by atoms with van der Waals surface area (Å²) in [5, 5.41) is 7.24. The van der Waals surface area contributed by atoms with Crippen molar-refractivity contribution in [2.24, 2.45) is 17.3 Å². The zero-order chi connectivity index (χ0) is 27.9. The van der Waals surface area contributed by atoms with Gasteiger partial charge in [0.25, 0.3) is 0 Å². The van der Waals surface area contributed by atoms with Crippen LogP contribution in [0.4, 0.5) is 4.79 Å². The molecule has 8 nitrogen and oxygen atoms in total. The van der Waals surface area contributed by atoms with Crippen LogP contribution in [0.15, 0.2) is 40.9 Å². The van der Waals surface area contributed by atoms with Crippen LogP contribution in [0.1, 0.15) is 56.4 Å². The van der Waals surface area contributed by atoms with Crippen LogP contribution in [0, 0.1) is 17.3 Å². The lowest BCUT2D eigenvalue weighted by atomic mass is 9.71. The summed E-state index contributed by atoms with van der Waals surface area (Å²) in [5.41, 5.74) is 2.11. The molecule has 1 spiro atoms. The number of carbonyl (C=O) groups excluding carboxylic acids is 2. The zero-order valence-electron chi connectivity index (χ0n) is 24.2. The molecule has 218 valence electrons. The molecule has 0 bridgehead atoms. The molecule has 2 N–H and O–H groups in total. The average Bonchev–Trinajstić information content (AvgIpc) is 3.62. The Kier molecular flexibility index (Phi) is 8.07. The molecule has 1 unspecified atom stereocenters. The van der Waals surface area contributed by atoms with Gasteiger partial charge in [-0.15, -0.1) is 0 Å². The third-order valence-corrected chi connectivity index (χ3v) is 11.8. The summed E-state index contributed by atoms with van der Waals surface area (Å²) in [5.74, 6) is 1.14. The minimum absolute atomic E-state index is 0.0902. The number of benzene rings is 1. The lowest BCUT2D eigenvalue weighted by Gasteiger charge is -2.48. The normalized spacial score (nSPS) is 32.9. The Morgan fingerprint density at radius 3 is 2.60 bits per heavy atom. The first-order valence-electron chi connectivity index (χ1n) is 15.1. The first-order valence-corrected chi connectivity index (χ1v) is 16.0. The molecule has 3 fully saturated rings. The fourth-order valence-electron chi connectivity index (χ4n) is 8.07. The molecule has 4 aliphatic heterocycles. The maximum Gasteiger partial charge on any atom is 0.409 e. The van der Waals surface area contributed by atoms with Gasteiger partial charge in [-0.05, 0) is 57.2 Å². The second kappa shape index (κ2) is 11.6. The highest BCUT2D eigenvalue weighted by atomic mass is 32.2. The van der Waals surface area contributed by atoms with E-state index in [4.69, 9.17) is 4.74 Å². The zero-order valence-corrected chi connectivity index (χ0v) is 25.0. The van der Waals surface area contributed by atoms with Gasteiger partial charge in [-0.25, -0.2) is 4.79 Å². The summed E-state index contributed by atoms with van der Waals surface area (Å²) in [6.07, 6.45) is 8.03. The van der Waals surface area contributed by atoms with Crippen LogP contribution < -0.4 is 10.6 Å². The summed E-state index contributed by atoms with van der Waals surface area (Å²) < 4.78 is 5.18. The molecule has 2 amide bonds. The van der Waals surface area contributed by atoms with Crippen LogP contribution in [0.2, 0.25) is 0 Å². The fourth-order valence-corrected chi connectivity index (χ4v) is 9.48. The Morgan fingerprint density at radius 2 is 1.88 bits per heavy atom. The van der Waals surface area contributed by atoms with Gasteiger partial charge in [-0.3, -0.25) is 9.69 Å². The molecule has 4 heterocycles. The molecule has 5 atom stereocenters. The van der Waals surface area contributed by atoms with Crippen molar-refractivity contribution in [3.05, 3.63) is 46.5 Å². The van der Waals surface area contributed by atoms with E-state index in [-0.39, 0.29) is 29.5 Å². The van der Waals surface area contributed by atoms with Crippen LogP contribution in [0.5, 0.6) is 0 Å². The van der Waals surface area contributed by atoms with E-state index in [2.05, 4.69) is 64.9 Å². The van der Waals surface area contributed by atoms with E-state index in [1.807, 2.05) is 11.8 Å². The van der Waals surface area contributed by atoms with Gasteiger partial charge in [0.2, 0.25) is 5.91 Å². The third-order valence-electron chi connectivity index (χ3n) is 10.1. The number of piperidine rings is 1. The van der Waals surface area contributed by atoms with Crippen molar-refractivity contribution >= 4 is 23.8 Å². The molecular weight excluding hydrogens is 522 g/mol. The minimum Gasteiger partial charge on any atom is -0.453 e. The quantitative estimate of drug-likeness (QED) is 0.569. The van der Waals surface area contributed by atoms with Crippen LogP contribution >= 0.6 is 11.8 Å². The Hall–Kier alpha value is -2.23. The lowest BCUT2D eigenvalue weighted by Crippen LogP contribution is -2.57. The molecule has 1 aromatic carbocycles. The first-order chi connectivity index (χ1) is 19.4. The summed E-state index contributed by atoms with van der Waals surface area (Å²) in [6.45, 7) is 3.15. The molecular formula is C31H45N5O3S. The van der Waals surface area contributed by atoms with Crippen molar-refractivity contribution in [3.8, 4) is 0 Å². The summed E-state index contributed by atoms with van der Waals surface area (Å²) in [4.78, 5) is 35.1. The number of nitrogens with zero attached hydrogens (tertiary/aromatic N) is 3. The van der Waals surface area contributed by atoms with Crippen molar-refractivity contribution in [2.75, 3.05) is 53.9 Å². The number of rotatable bonds is 4. The van der Waals surface area contributed by atoms with Crippen LogP contribution in [0.3, 0.4) is 0 Å². The van der Waals surface area contributed by atoms with E-state index >= 15 is 0 Å². The topological polar surface area (TPSA) is 77.1 Å². The van der Waals surface area contributed by atoms with Gasteiger partial charge in [0, 0.05) is 48.2 Å². The number of ether oxygens (including phenoxy) is 1. The van der Waals surface area contributed by atoms with Crippen molar-refractivity contribution in [3.63, 3.8) is 0 Å². The maximum atomic E-state index is 14.8. The Balaban J connectivity index is 1.31. The molecule has 1 aliphatic carbocycles. The number of fused-ring (bicyclic) bond motifs is 1. The lowest BCUT2D eigenvalue weighted by molar-refractivity contribution is -0.144. The highest BCUT2D eigenvalue weighted by molar-refractivity contribution is 8.03. The molecule has 0 radical (unpaired) electrons. The van der Waals surface area contributed by atoms with Gasteiger partial charge < -0.3 is 25.2 Å². The molecule has 0 aromatic heterocycles. The van der Waals surface area contributed by atoms with Crippen LogP contribution in [0.25, 0.3) is 0 Å². The molecule has 9 heteroatoms. The second-order valence-corrected chi connectivity index (χ2v) is 13.8. The van der Waals surface area contributed by atoms with E-state index in [1.54, 1.807) is 4.90 Å². The van der Waals surface area contributed by atoms with Gasteiger partial charge in [0.1, 0.15) is 5.50 Å². The predicted octanol–water partition coefficient (Wildman–Crippen LogP) is 4.02. The van der Waals surface area contributed by atoms with E-state index < -0.39 is 5.41 Å². The largest absolute Gasteiger partial charge is 0.453 e. The number of likely N-dealkylation sites (tertiary alicyclic amines) is 1. The number of carbonyl (C=O) groups is 2. The first kappa shape index (κ1) is 27.9. The molecule has 2 saturated heterocycles. The van der Waals surface area contributed by atoms with Gasteiger partial charge in [0.05, 0.1) is 19.6 Å². The molecule has 5 aliphatic rings. The SMILES string of the molecule is COC(=O)N1CC2=C(SC(N(C)C)N2)[C@@]2(CNC[C@H]2C(=O)N2CC[C@@H](c3ccccc3)C[C@H]2C2CCCCC2)C1. The van der Waals surface area contributed by atoms with Crippen molar-refractivity contribution < 1.29 is 14.3 Å². The van der Waals surface area contributed by atoms with E-state index in [1.165, 1.54) is 49.7 Å². The Bertz CT molecular complexity index is 1120. The third kappa shape index (κ3) is 5.02. The fraction of sp³-hybridized carbons (Fsp3) is 0.677. The minimum atomic E-state index is -0.450. The molecule has 1 aromatic rings. The Morgan fingerprint density at radius 1 is 1.10 bits per heavy atom. The number of hydrogen-bond donors (Lipinski definition) is 2. The monoisotopic (exact) mass is 567 g/mol. The van der Waals surface area contributed by atoms with Crippen LogP contribution in [-0.2, 0) is 9.53 Å². The molecule has 1 saturated carbocycles. The van der Waals surface area contributed by atoms with Crippen molar-refractivity contribution in [1.29, 1.82) is 0 Å². The van der Waals surface area contributed by atoms with Crippen molar-refractivity contribution in [2.45, 2.75) is 62.4 Å². The Labute approximate surface area is 243 Å². The maximum absolute atomic E-state index is 14.8. The van der Waals surface area contributed by atoms with E-state index in [0.29, 0.717) is 38.0 Å². The number of hydrogen-bond acceptors (Lipinski definition) is 7. The van der Waals surface area contributed by atoms with Crippen LogP contribution in [-0.4, -0.2) is 92.2 Å². The highest BCUT2D eigenvalue weighted by Crippen LogP contribution is 2.53. The molecule has 40 heavy (non-hydrogen) atoms. The number of nitrogens with one attached hydrogen (secondary N) is 2. The summed E-state index contributed by atoms with van der Waals surface area (Å²) in [6, 6.07) is 11.2. The molecule has 6 rings (SSSR count). The standard InChI is InChI=1S/C31H45N5O3S/c1-34(2)29-33-25-18-35(30(38)39-3)20-31(27(25)40-29)19-32-17-24(31)28(37)36-15-14-23(21-10-6-4-7-11-21)16-26(36)22-12-8-5-9-13-22/h4,6-7,10-11,22-24,26,29,32-33H,5,8-9,12-20H2,1-3H3/t23-,24+,26+,29?,31+/m1/s1. The predicted molar refractivity (Wildman–Crippen MR) is 158 cm³/mol. The van der Waals surface area contributed by atoms with Gasteiger partial charge in [-0.2, -0.15) is 0 Å². The second-order valence-electron chi connectivity index (χ2n) is 12.7. The van der Waals surface area contributed by atoms with Gasteiger partial charge in [0.15, 0.2) is 0 Å². The number of thioether (sulfide) groups is 1. The van der Waals surface area contributed by atoms with E-state index in [0.717, 1.165) is 25.1 Å². The summed E-state index contributed by atoms with van der Waals surface area (Å²) >= 11 is 1.82. The number of methoxy groups -OCH3 is 1. The average molecular weight is 568 g/mol. The number of amides is 2. The van der Waals surface area contributed by atoms with Crippen molar-refractivity contribution in [1.82, 2.24) is 25.3 Å².